The van der Waals surface area contributed by atoms with Crippen molar-refractivity contribution < 1.29 is 23.1 Å². The van der Waals surface area contributed by atoms with Gasteiger partial charge in [0.15, 0.2) is 12.7 Å². The van der Waals surface area contributed by atoms with Gasteiger partial charge in [-0.2, -0.15) is 0 Å². The zero-order chi connectivity index (χ0) is 9.56. The average Bonchev–Trinajstić information content (AvgIpc) is 2.03. The van der Waals surface area contributed by atoms with E-state index in [1.54, 1.807) is 0 Å². The lowest BCUT2D eigenvalue weighted by Crippen LogP contribution is -2.28. The molecule has 0 spiro atoms. The van der Waals surface area contributed by atoms with Crippen molar-refractivity contribution in [2.45, 2.75) is 39.4 Å². The second-order valence-corrected chi connectivity index (χ2v) is 2.20. The van der Waals surface area contributed by atoms with Crippen molar-refractivity contribution in [3.05, 3.63) is 0 Å². The quantitative estimate of drug-likeness (QED) is 0.586. The van der Waals surface area contributed by atoms with Crippen molar-refractivity contribution in [2.24, 2.45) is 0 Å². The third-order valence-electron chi connectivity index (χ3n) is 1.16. The van der Waals surface area contributed by atoms with Gasteiger partial charge in [0.25, 0.3) is 0 Å². The molecule has 0 aliphatic heterocycles. The zero-order valence-corrected chi connectivity index (χ0v) is 7.13. The van der Waals surface area contributed by atoms with Gasteiger partial charge in [-0.15, -0.1) is 0 Å². The fraction of sp³-hybridized carbons (Fsp3) is 1.00. The molecular weight excluding hydrogens is 169 g/mol. The number of hydrogen-bond acceptors (Lipinski definition) is 2. The average molecular weight is 181 g/mol. The Bertz CT molecular complexity index is 105. The summed E-state index contributed by atoms with van der Waals surface area (Å²) < 4.78 is 32.8. The monoisotopic (exact) mass is 181 g/mol. The lowest BCUT2D eigenvalue weighted by atomic mass is 10.2. The fourth-order valence-electron chi connectivity index (χ4n) is 0.466. The first-order valence-corrected chi connectivity index (χ1v) is 3.85. The molecule has 0 amide bonds. The SMILES string of the molecule is CCC(F)OB([O])OC(F)CC. The molecule has 0 bridgehead atoms. The van der Waals surface area contributed by atoms with Crippen LogP contribution in [0.3, 0.4) is 0 Å². The van der Waals surface area contributed by atoms with E-state index in [1.165, 1.54) is 13.8 Å². The number of halogens is 2. The Labute approximate surface area is 70.8 Å². The minimum absolute atomic E-state index is 0.0468. The van der Waals surface area contributed by atoms with Crippen LogP contribution in [0.25, 0.3) is 0 Å². The molecule has 0 rings (SSSR count). The summed E-state index contributed by atoms with van der Waals surface area (Å²) in [5, 5.41) is 10.5. The van der Waals surface area contributed by atoms with E-state index >= 15 is 0 Å². The van der Waals surface area contributed by atoms with Crippen LogP contribution in [0.5, 0.6) is 0 Å². The van der Waals surface area contributed by atoms with Crippen molar-refractivity contribution in [1.82, 2.24) is 0 Å². The normalized spacial score (nSPS) is 15.8. The molecule has 1 radical (unpaired) electrons. The van der Waals surface area contributed by atoms with Gasteiger partial charge in [0.05, 0.1) is 0 Å². The number of alkyl halides is 2. The van der Waals surface area contributed by atoms with E-state index in [0.29, 0.717) is 0 Å². The summed E-state index contributed by atoms with van der Waals surface area (Å²) in [7, 11) is -2.07. The van der Waals surface area contributed by atoms with Crippen molar-refractivity contribution in [3.63, 3.8) is 0 Å². The second-order valence-electron chi connectivity index (χ2n) is 2.20. The molecule has 0 aromatic heterocycles. The van der Waals surface area contributed by atoms with Crippen LogP contribution < -0.4 is 0 Å². The third kappa shape index (κ3) is 5.45. The minimum atomic E-state index is -2.07. The highest BCUT2D eigenvalue weighted by atomic mass is 19.2. The first-order valence-electron chi connectivity index (χ1n) is 3.85. The van der Waals surface area contributed by atoms with Crippen LogP contribution in [0.2, 0.25) is 0 Å². The lowest BCUT2D eigenvalue weighted by Gasteiger charge is -2.11. The first kappa shape index (κ1) is 11.8. The highest BCUT2D eigenvalue weighted by Crippen LogP contribution is 2.05. The van der Waals surface area contributed by atoms with Crippen LogP contribution in [0.15, 0.2) is 0 Å². The Morgan fingerprint density at radius 3 is 1.75 bits per heavy atom. The van der Waals surface area contributed by atoms with Gasteiger partial charge in [0.1, 0.15) is 0 Å². The van der Waals surface area contributed by atoms with Crippen LogP contribution in [0.1, 0.15) is 26.7 Å². The van der Waals surface area contributed by atoms with E-state index in [9.17, 15) is 13.8 Å². The van der Waals surface area contributed by atoms with Gasteiger partial charge in [-0.3, -0.25) is 0 Å². The molecule has 71 valence electrons. The Morgan fingerprint density at radius 1 is 1.17 bits per heavy atom. The number of rotatable bonds is 6. The van der Waals surface area contributed by atoms with Gasteiger partial charge in [-0.25, -0.2) is 13.8 Å². The minimum Gasteiger partial charge on any atom is -0.354 e. The van der Waals surface area contributed by atoms with Gasteiger partial charge in [0, 0.05) is 0 Å². The highest BCUT2D eigenvalue weighted by Gasteiger charge is 2.26. The van der Waals surface area contributed by atoms with E-state index < -0.39 is 20.0 Å². The Morgan fingerprint density at radius 2 is 1.50 bits per heavy atom. The van der Waals surface area contributed by atoms with Crippen molar-refractivity contribution in [1.29, 1.82) is 0 Å². The maximum absolute atomic E-state index is 12.3. The molecule has 0 aromatic carbocycles. The Kier molecular flexibility index (Phi) is 6.23. The molecular formula is C6H12BF2O3. The maximum Gasteiger partial charge on any atom is 0.671 e. The maximum atomic E-state index is 12.3. The third-order valence-corrected chi connectivity index (χ3v) is 1.16. The first-order chi connectivity index (χ1) is 5.60. The van der Waals surface area contributed by atoms with Gasteiger partial charge in [0.2, 0.25) is 0 Å². The summed E-state index contributed by atoms with van der Waals surface area (Å²) in [5.74, 6) is 0. The molecule has 0 heterocycles. The molecule has 3 nitrogen and oxygen atoms in total. The van der Waals surface area contributed by atoms with Crippen LogP contribution in [0, 0.1) is 0 Å². The molecule has 0 aliphatic carbocycles. The van der Waals surface area contributed by atoms with Crippen molar-refractivity contribution in [3.8, 4) is 0 Å². The molecule has 0 N–H and O–H groups in total. The van der Waals surface area contributed by atoms with Gasteiger partial charge < -0.3 is 9.31 Å². The van der Waals surface area contributed by atoms with E-state index in [-0.39, 0.29) is 12.8 Å². The Hall–Kier alpha value is -0.195. The fourth-order valence-corrected chi connectivity index (χ4v) is 0.466. The predicted octanol–water partition coefficient (Wildman–Crippen LogP) is 1.85. The standard InChI is InChI=1S/C6H12BF2O3/c1-3-5(8)11-7(10)12-6(9)4-2/h5-6H,3-4H2,1-2H3. The molecule has 0 saturated carbocycles. The van der Waals surface area contributed by atoms with Crippen LogP contribution in [-0.2, 0) is 14.3 Å². The lowest BCUT2D eigenvalue weighted by molar-refractivity contribution is -0.0490. The van der Waals surface area contributed by atoms with Crippen LogP contribution in [-0.4, -0.2) is 20.0 Å². The zero-order valence-electron chi connectivity index (χ0n) is 7.13. The van der Waals surface area contributed by atoms with E-state index in [2.05, 4.69) is 9.31 Å². The number of hydrogen-bond donors (Lipinski definition) is 0. The topological polar surface area (TPSA) is 38.4 Å². The summed E-state index contributed by atoms with van der Waals surface area (Å²) in [6.07, 6.45) is -3.27. The molecule has 6 heteroatoms. The van der Waals surface area contributed by atoms with Crippen LogP contribution >= 0.6 is 0 Å². The Balaban J connectivity index is 3.51. The summed E-state index contributed by atoms with van der Waals surface area (Å²) in [5.41, 5.74) is 0. The summed E-state index contributed by atoms with van der Waals surface area (Å²) in [6, 6.07) is 0. The van der Waals surface area contributed by atoms with E-state index in [1.807, 2.05) is 0 Å². The molecule has 2 atom stereocenters. The van der Waals surface area contributed by atoms with E-state index in [4.69, 9.17) is 0 Å². The van der Waals surface area contributed by atoms with Crippen LogP contribution in [0.4, 0.5) is 8.78 Å². The second kappa shape index (κ2) is 6.34. The van der Waals surface area contributed by atoms with Gasteiger partial charge in [-0.1, -0.05) is 13.8 Å². The summed E-state index contributed by atoms with van der Waals surface area (Å²) in [4.78, 5) is 0. The molecule has 0 saturated heterocycles. The largest absolute Gasteiger partial charge is 0.671 e. The summed E-state index contributed by atoms with van der Waals surface area (Å²) >= 11 is 0. The smallest absolute Gasteiger partial charge is 0.354 e. The highest BCUT2D eigenvalue weighted by molar-refractivity contribution is 6.34. The van der Waals surface area contributed by atoms with Gasteiger partial charge >= 0.3 is 7.32 Å². The molecule has 12 heavy (non-hydrogen) atoms. The molecule has 0 fully saturated rings. The summed E-state index contributed by atoms with van der Waals surface area (Å²) in [6.45, 7) is 3.01. The molecule has 2 unspecified atom stereocenters. The van der Waals surface area contributed by atoms with Gasteiger partial charge in [-0.05, 0) is 12.8 Å². The molecule has 0 aliphatic rings. The molecule has 0 aromatic rings. The van der Waals surface area contributed by atoms with Crippen molar-refractivity contribution in [2.75, 3.05) is 0 Å². The van der Waals surface area contributed by atoms with Crippen molar-refractivity contribution >= 4 is 7.32 Å². The predicted molar refractivity (Wildman–Crippen MR) is 39.0 cm³/mol. The van der Waals surface area contributed by atoms with E-state index in [0.717, 1.165) is 0 Å².